The number of nitrogens with one attached hydrogen (secondary N) is 1. The Morgan fingerprint density at radius 3 is 2.65 bits per heavy atom. The second-order valence-corrected chi connectivity index (χ2v) is 12.4. The zero-order valence-electron chi connectivity index (χ0n) is 20.4. The molecule has 1 aromatic rings. The van der Waals surface area contributed by atoms with Crippen molar-refractivity contribution in [2.24, 2.45) is 17.8 Å². The van der Waals surface area contributed by atoms with Gasteiger partial charge in [0.1, 0.15) is 18.3 Å². The second-order valence-electron chi connectivity index (χ2n) is 10.8. The van der Waals surface area contributed by atoms with E-state index in [1.165, 1.54) is 0 Å². The van der Waals surface area contributed by atoms with Crippen molar-refractivity contribution in [3.8, 4) is 0 Å². The molecule has 7 heteroatoms. The molecule has 3 fully saturated rings. The van der Waals surface area contributed by atoms with Gasteiger partial charge < -0.3 is 19.9 Å². The van der Waals surface area contributed by atoms with Crippen molar-refractivity contribution in [2.45, 2.75) is 80.7 Å². The van der Waals surface area contributed by atoms with Crippen LogP contribution in [0.1, 0.15) is 58.9 Å². The average Bonchev–Trinajstić information content (AvgIpc) is 3.28. The quantitative estimate of drug-likeness (QED) is 0.217. The fraction of sp³-hybridized carbons (Fsp3) is 0.630. The summed E-state index contributed by atoms with van der Waals surface area (Å²) < 4.78 is 13.6. The molecule has 1 aliphatic carbocycles. The van der Waals surface area contributed by atoms with Gasteiger partial charge in [0.05, 0.1) is 11.6 Å². The minimum Gasteiger partial charge on any atom is -0.456 e. The number of allylic oxidation sites excluding steroid dienone is 1. The van der Waals surface area contributed by atoms with Gasteiger partial charge in [-0.2, -0.15) is 0 Å². The number of aliphatic hydroxyl groups is 1. The first-order chi connectivity index (χ1) is 16.1. The largest absolute Gasteiger partial charge is 0.456 e. The number of hydrogen-bond donors (Lipinski definition) is 2. The first-order valence-electron chi connectivity index (χ1n) is 12.3. The van der Waals surface area contributed by atoms with Crippen LogP contribution in [0.15, 0.2) is 36.4 Å². The Morgan fingerprint density at radius 2 is 2.00 bits per heavy atom. The zero-order valence-corrected chi connectivity index (χ0v) is 22.6. The van der Waals surface area contributed by atoms with Crippen LogP contribution < -0.4 is 5.32 Å². The van der Waals surface area contributed by atoms with E-state index in [-0.39, 0.29) is 30.0 Å². The van der Waals surface area contributed by atoms with Crippen LogP contribution in [0.3, 0.4) is 0 Å². The van der Waals surface area contributed by atoms with Crippen molar-refractivity contribution in [1.82, 2.24) is 5.32 Å². The van der Waals surface area contributed by atoms with E-state index >= 15 is 0 Å². The van der Waals surface area contributed by atoms with Gasteiger partial charge in [-0.15, -0.1) is 0 Å². The number of ether oxygens (including phenoxy) is 2. The molecule has 2 saturated heterocycles. The molecule has 4 rings (SSSR count). The number of carbonyl (C=O) groups is 2. The van der Waals surface area contributed by atoms with Crippen molar-refractivity contribution >= 4 is 40.0 Å². The molecule has 2 bridgehead atoms. The van der Waals surface area contributed by atoms with E-state index in [9.17, 15) is 14.7 Å². The number of carbonyl (C=O) groups excluding carboxylic acids is 2. The maximum Gasteiger partial charge on any atom is 0.331 e. The van der Waals surface area contributed by atoms with Gasteiger partial charge in [0, 0.05) is 22.3 Å². The minimum absolute atomic E-state index is 0.156. The number of benzene rings is 1. The van der Waals surface area contributed by atoms with E-state index in [0.717, 1.165) is 30.4 Å². The van der Waals surface area contributed by atoms with Gasteiger partial charge in [-0.1, -0.05) is 66.8 Å². The summed E-state index contributed by atoms with van der Waals surface area (Å²) in [5.74, 6) is -0.0944. The summed E-state index contributed by atoms with van der Waals surface area (Å²) >= 11 is 2.51. The molecule has 1 amide bonds. The lowest BCUT2D eigenvalue weighted by atomic mass is 9.72. The van der Waals surface area contributed by atoms with E-state index in [0.29, 0.717) is 16.3 Å². The van der Waals surface area contributed by atoms with Gasteiger partial charge in [-0.3, -0.25) is 4.79 Å². The number of aliphatic hydroxyl groups excluding tert-OH is 1. The minimum atomic E-state index is -0.671. The Kier molecular flexibility index (Phi) is 7.46. The highest BCUT2D eigenvalue weighted by Crippen LogP contribution is 2.62. The summed E-state index contributed by atoms with van der Waals surface area (Å²) in [7, 11) is 0. The molecule has 186 valence electrons. The van der Waals surface area contributed by atoms with Crippen LogP contribution in [0.25, 0.3) is 5.57 Å². The Morgan fingerprint density at radius 1 is 1.29 bits per heavy atom. The van der Waals surface area contributed by atoms with Crippen LogP contribution in [0, 0.1) is 17.8 Å². The van der Waals surface area contributed by atoms with Gasteiger partial charge in [-0.05, 0) is 56.1 Å². The lowest BCUT2D eigenvalue weighted by Crippen LogP contribution is -2.62. The molecule has 6 nitrogen and oxygen atoms in total. The molecule has 3 aliphatic rings. The van der Waals surface area contributed by atoms with Crippen LogP contribution in [-0.2, 0) is 19.1 Å². The molecule has 0 spiro atoms. The smallest absolute Gasteiger partial charge is 0.331 e. The van der Waals surface area contributed by atoms with E-state index in [4.69, 9.17) is 9.47 Å². The molecule has 1 aromatic carbocycles. The molecule has 0 radical (unpaired) electrons. The van der Waals surface area contributed by atoms with Gasteiger partial charge >= 0.3 is 5.97 Å². The molecule has 34 heavy (non-hydrogen) atoms. The van der Waals surface area contributed by atoms with Crippen LogP contribution in [-0.4, -0.2) is 50.9 Å². The van der Waals surface area contributed by atoms with Crippen molar-refractivity contribution in [2.75, 3.05) is 6.61 Å². The number of halogens is 1. The Labute approximate surface area is 216 Å². The maximum atomic E-state index is 13.2. The predicted molar refractivity (Wildman–Crippen MR) is 139 cm³/mol. The van der Waals surface area contributed by atoms with E-state index in [2.05, 4.69) is 48.7 Å². The average molecular weight is 581 g/mol. The Balaban J connectivity index is 1.68. The standard InChI is InChI=1S/C27H36INO5/c1-16(2)13-27-14-21(29-22(31)15-30)26(4,34-27)19-10-11-20(28)24(19)25(27)33-23(32)12-17(3)18-8-6-5-7-9-18/h5-9,12,16,19-21,24-25,30H,10-11,13-15H2,1-4H3,(H,29,31)/b17-12+/t19?,20?,21-,24?,25?,26?,27?/m1/s1. The van der Waals surface area contributed by atoms with Crippen molar-refractivity contribution in [1.29, 1.82) is 0 Å². The summed E-state index contributed by atoms with van der Waals surface area (Å²) in [6.07, 6.45) is 4.49. The number of alkyl halides is 1. The van der Waals surface area contributed by atoms with Crippen molar-refractivity contribution in [3.05, 3.63) is 42.0 Å². The highest BCUT2D eigenvalue weighted by Gasteiger charge is 2.70. The van der Waals surface area contributed by atoms with Crippen LogP contribution in [0.2, 0.25) is 0 Å². The molecule has 2 heterocycles. The lowest BCUT2D eigenvalue weighted by Gasteiger charge is -2.52. The van der Waals surface area contributed by atoms with Gasteiger partial charge in [0.15, 0.2) is 0 Å². The Bertz CT molecular complexity index is 950. The fourth-order valence-electron chi connectivity index (χ4n) is 6.68. The fourth-order valence-corrected chi connectivity index (χ4v) is 7.91. The normalized spacial score (nSPS) is 36.9. The maximum absolute atomic E-state index is 13.2. The van der Waals surface area contributed by atoms with E-state index in [1.54, 1.807) is 6.08 Å². The molecule has 0 aromatic heterocycles. The lowest BCUT2D eigenvalue weighted by molar-refractivity contribution is -0.245. The summed E-state index contributed by atoms with van der Waals surface area (Å²) in [6, 6.07) is 9.59. The number of fused-ring (bicyclic) bond motifs is 4. The number of hydrogen-bond acceptors (Lipinski definition) is 5. The molecular formula is C27H36INO5. The van der Waals surface area contributed by atoms with E-state index < -0.39 is 23.7 Å². The number of rotatable bonds is 7. The molecule has 2 aliphatic heterocycles. The molecule has 2 N–H and O–H groups in total. The summed E-state index contributed by atoms with van der Waals surface area (Å²) in [5.41, 5.74) is 0.624. The monoisotopic (exact) mass is 581 g/mol. The summed E-state index contributed by atoms with van der Waals surface area (Å²) in [4.78, 5) is 25.4. The first-order valence-corrected chi connectivity index (χ1v) is 13.5. The molecule has 6 unspecified atom stereocenters. The third kappa shape index (κ3) is 4.67. The predicted octanol–water partition coefficient (Wildman–Crippen LogP) is 4.29. The number of esters is 1. The molecular weight excluding hydrogens is 545 g/mol. The Hall–Kier alpha value is -1.45. The first kappa shape index (κ1) is 25.6. The zero-order chi connectivity index (χ0) is 24.7. The van der Waals surface area contributed by atoms with Crippen LogP contribution in [0.4, 0.5) is 0 Å². The highest BCUT2D eigenvalue weighted by atomic mass is 127. The molecule has 7 atom stereocenters. The van der Waals surface area contributed by atoms with Gasteiger partial charge in [0.25, 0.3) is 0 Å². The van der Waals surface area contributed by atoms with Crippen LogP contribution >= 0.6 is 22.6 Å². The van der Waals surface area contributed by atoms with Crippen molar-refractivity contribution < 1.29 is 24.2 Å². The van der Waals surface area contributed by atoms with Crippen molar-refractivity contribution in [3.63, 3.8) is 0 Å². The van der Waals surface area contributed by atoms with Gasteiger partial charge in [-0.25, -0.2) is 4.79 Å². The topological polar surface area (TPSA) is 84.9 Å². The molecule has 1 saturated carbocycles. The highest BCUT2D eigenvalue weighted by molar-refractivity contribution is 14.1. The number of amides is 1. The summed E-state index contributed by atoms with van der Waals surface area (Å²) in [5, 5.41) is 12.4. The van der Waals surface area contributed by atoms with E-state index in [1.807, 2.05) is 37.3 Å². The second kappa shape index (κ2) is 9.90. The summed E-state index contributed by atoms with van der Waals surface area (Å²) in [6.45, 7) is 7.77. The third-order valence-electron chi connectivity index (χ3n) is 7.94. The van der Waals surface area contributed by atoms with Crippen LogP contribution in [0.5, 0.6) is 0 Å². The third-order valence-corrected chi connectivity index (χ3v) is 9.40. The SMILES string of the molecule is C/C(=C\C(=O)OC1C2C(I)CCC2C2(C)OC1(CC(C)C)C[C@H]2NC(=O)CO)c1ccccc1. The van der Waals surface area contributed by atoms with Gasteiger partial charge in [0.2, 0.25) is 5.91 Å².